The fourth-order valence-corrected chi connectivity index (χ4v) is 2.68. The molecule has 3 amide bonds. The van der Waals surface area contributed by atoms with Gasteiger partial charge < -0.3 is 15.1 Å². The van der Waals surface area contributed by atoms with Crippen LogP contribution in [0.2, 0.25) is 0 Å². The molecule has 0 spiro atoms. The van der Waals surface area contributed by atoms with Crippen LogP contribution >= 0.6 is 0 Å². The standard InChI is InChI=1S/C20H25FN4O2/c1-20(2,18(26)24(3)4)23-19(27)25(14-16-9-11-22-12-10-16)13-15-5-7-17(21)8-6-15/h5-12H,13-14H2,1-4H3,(H,23,27). The van der Waals surface area contributed by atoms with E-state index in [4.69, 9.17) is 0 Å². The molecule has 7 heteroatoms. The predicted octanol–water partition coefficient (Wildman–Crippen LogP) is 2.80. The third kappa shape index (κ3) is 5.77. The van der Waals surface area contributed by atoms with Crippen molar-refractivity contribution in [2.24, 2.45) is 0 Å². The van der Waals surface area contributed by atoms with Crippen LogP contribution in [0.15, 0.2) is 48.8 Å². The number of carbonyl (C=O) groups is 2. The molecule has 0 aliphatic heterocycles. The first kappa shape index (κ1) is 20.4. The Labute approximate surface area is 159 Å². The van der Waals surface area contributed by atoms with Crippen molar-refractivity contribution in [3.63, 3.8) is 0 Å². The minimum Gasteiger partial charge on any atom is -0.347 e. The second-order valence-corrected chi connectivity index (χ2v) is 7.09. The summed E-state index contributed by atoms with van der Waals surface area (Å²) in [6, 6.07) is 9.25. The number of hydrogen-bond acceptors (Lipinski definition) is 3. The fourth-order valence-electron chi connectivity index (χ4n) is 2.68. The van der Waals surface area contributed by atoms with Gasteiger partial charge in [0.2, 0.25) is 5.91 Å². The van der Waals surface area contributed by atoms with E-state index in [1.54, 1.807) is 57.4 Å². The van der Waals surface area contributed by atoms with Crippen LogP contribution in [-0.4, -0.2) is 46.4 Å². The van der Waals surface area contributed by atoms with Crippen LogP contribution in [0, 0.1) is 5.82 Å². The Bertz CT molecular complexity index is 776. The molecule has 1 N–H and O–H groups in total. The molecule has 1 aromatic heterocycles. The molecule has 2 rings (SSSR count). The Morgan fingerprint density at radius 3 is 2.04 bits per heavy atom. The van der Waals surface area contributed by atoms with Crippen LogP contribution in [0.4, 0.5) is 9.18 Å². The van der Waals surface area contributed by atoms with E-state index in [0.29, 0.717) is 6.54 Å². The number of nitrogens with one attached hydrogen (secondary N) is 1. The first-order valence-corrected chi connectivity index (χ1v) is 8.61. The van der Waals surface area contributed by atoms with Crippen molar-refractivity contribution in [3.8, 4) is 0 Å². The number of nitrogens with zero attached hydrogens (tertiary/aromatic N) is 3. The number of hydrogen-bond donors (Lipinski definition) is 1. The zero-order valence-electron chi connectivity index (χ0n) is 16.1. The van der Waals surface area contributed by atoms with Gasteiger partial charge in [-0.3, -0.25) is 9.78 Å². The SMILES string of the molecule is CN(C)C(=O)C(C)(C)NC(=O)N(Cc1ccncc1)Cc1ccc(F)cc1. The highest BCUT2D eigenvalue weighted by atomic mass is 19.1. The number of rotatable bonds is 6. The maximum atomic E-state index is 13.2. The van der Waals surface area contributed by atoms with Gasteiger partial charge in [-0.05, 0) is 49.2 Å². The second-order valence-electron chi connectivity index (χ2n) is 7.09. The van der Waals surface area contributed by atoms with E-state index in [2.05, 4.69) is 10.3 Å². The first-order chi connectivity index (χ1) is 12.7. The molecule has 0 aliphatic rings. The minimum absolute atomic E-state index is 0.207. The van der Waals surface area contributed by atoms with Gasteiger partial charge >= 0.3 is 6.03 Å². The van der Waals surface area contributed by atoms with Gasteiger partial charge in [0.25, 0.3) is 0 Å². The van der Waals surface area contributed by atoms with Crippen LogP contribution in [-0.2, 0) is 17.9 Å². The molecule has 6 nitrogen and oxygen atoms in total. The molecule has 27 heavy (non-hydrogen) atoms. The molecular formula is C20H25FN4O2. The summed E-state index contributed by atoms with van der Waals surface area (Å²) in [7, 11) is 3.28. The molecule has 0 unspecified atom stereocenters. The molecule has 0 fully saturated rings. The monoisotopic (exact) mass is 372 g/mol. The number of amides is 3. The molecule has 0 aliphatic carbocycles. The third-order valence-corrected chi connectivity index (χ3v) is 4.06. The third-order valence-electron chi connectivity index (χ3n) is 4.06. The van der Waals surface area contributed by atoms with E-state index in [9.17, 15) is 14.0 Å². The summed E-state index contributed by atoms with van der Waals surface area (Å²) >= 11 is 0. The lowest BCUT2D eigenvalue weighted by Gasteiger charge is -2.32. The van der Waals surface area contributed by atoms with Gasteiger partial charge in [-0.25, -0.2) is 9.18 Å². The second kappa shape index (κ2) is 8.62. The van der Waals surface area contributed by atoms with Crippen molar-refractivity contribution in [3.05, 3.63) is 65.7 Å². The van der Waals surface area contributed by atoms with E-state index in [1.807, 2.05) is 12.1 Å². The molecule has 144 valence electrons. The Morgan fingerprint density at radius 1 is 1.00 bits per heavy atom. The average molecular weight is 372 g/mol. The van der Waals surface area contributed by atoms with E-state index < -0.39 is 5.54 Å². The van der Waals surface area contributed by atoms with E-state index in [0.717, 1.165) is 11.1 Å². The zero-order valence-corrected chi connectivity index (χ0v) is 16.1. The molecule has 0 bridgehead atoms. The lowest BCUT2D eigenvalue weighted by molar-refractivity contribution is -0.134. The maximum Gasteiger partial charge on any atom is 0.318 e. The van der Waals surface area contributed by atoms with Crippen LogP contribution in [0.1, 0.15) is 25.0 Å². The highest BCUT2D eigenvalue weighted by Crippen LogP contribution is 2.13. The van der Waals surface area contributed by atoms with E-state index >= 15 is 0 Å². The summed E-state index contributed by atoms with van der Waals surface area (Å²) in [4.78, 5) is 32.2. The smallest absolute Gasteiger partial charge is 0.318 e. The molecule has 1 aromatic carbocycles. The summed E-state index contributed by atoms with van der Waals surface area (Å²) in [5.74, 6) is -0.539. The largest absolute Gasteiger partial charge is 0.347 e. The van der Waals surface area contributed by atoms with Crippen LogP contribution in [0.3, 0.4) is 0 Å². The van der Waals surface area contributed by atoms with Gasteiger partial charge in [0.15, 0.2) is 0 Å². The highest BCUT2D eigenvalue weighted by molar-refractivity contribution is 5.90. The van der Waals surface area contributed by atoms with Crippen molar-refractivity contribution in [2.45, 2.75) is 32.5 Å². The van der Waals surface area contributed by atoms with Gasteiger partial charge in [0, 0.05) is 39.6 Å². The van der Waals surface area contributed by atoms with Gasteiger partial charge in [-0.15, -0.1) is 0 Å². The topological polar surface area (TPSA) is 65.5 Å². The van der Waals surface area contributed by atoms with Gasteiger partial charge in [0.1, 0.15) is 11.4 Å². The van der Waals surface area contributed by atoms with Crippen molar-refractivity contribution in [1.29, 1.82) is 0 Å². The number of benzene rings is 1. The molecular weight excluding hydrogens is 347 g/mol. The Hall–Kier alpha value is -2.96. The normalized spacial score (nSPS) is 11.0. The number of urea groups is 1. The van der Waals surface area contributed by atoms with Crippen molar-refractivity contribution < 1.29 is 14.0 Å². The van der Waals surface area contributed by atoms with Crippen LogP contribution in [0.5, 0.6) is 0 Å². The van der Waals surface area contributed by atoms with Gasteiger partial charge in [-0.1, -0.05) is 12.1 Å². The van der Waals surface area contributed by atoms with Gasteiger partial charge in [0.05, 0.1) is 0 Å². The van der Waals surface area contributed by atoms with E-state index in [1.165, 1.54) is 17.0 Å². The summed E-state index contributed by atoms with van der Waals surface area (Å²) in [6.45, 7) is 3.93. The molecule has 0 atom stereocenters. The van der Waals surface area contributed by atoms with Crippen molar-refractivity contribution >= 4 is 11.9 Å². The Kier molecular flexibility index (Phi) is 6.50. The molecule has 0 saturated carbocycles. The predicted molar refractivity (Wildman–Crippen MR) is 101 cm³/mol. The number of halogens is 1. The molecule has 0 saturated heterocycles. The van der Waals surface area contributed by atoms with Crippen molar-refractivity contribution in [2.75, 3.05) is 14.1 Å². The van der Waals surface area contributed by atoms with Crippen LogP contribution in [0.25, 0.3) is 0 Å². The number of aromatic nitrogens is 1. The van der Waals surface area contributed by atoms with E-state index in [-0.39, 0.29) is 24.3 Å². The summed E-state index contributed by atoms with van der Waals surface area (Å²) in [5.41, 5.74) is 0.635. The zero-order chi connectivity index (χ0) is 20.0. The lowest BCUT2D eigenvalue weighted by Crippen LogP contribution is -2.57. The molecule has 2 aromatic rings. The van der Waals surface area contributed by atoms with Crippen molar-refractivity contribution in [1.82, 2.24) is 20.1 Å². The summed E-state index contributed by atoms with van der Waals surface area (Å²) < 4.78 is 13.2. The Morgan fingerprint density at radius 2 is 1.52 bits per heavy atom. The average Bonchev–Trinajstić information content (AvgIpc) is 2.62. The quantitative estimate of drug-likeness (QED) is 0.848. The van der Waals surface area contributed by atoms with Crippen LogP contribution < -0.4 is 5.32 Å². The molecule has 0 radical (unpaired) electrons. The number of likely N-dealkylation sites (N-methyl/N-ethyl adjacent to an activating group) is 1. The van der Waals surface area contributed by atoms with Gasteiger partial charge in [-0.2, -0.15) is 0 Å². The number of carbonyl (C=O) groups excluding carboxylic acids is 2. The molecule has 1 heterocycles. The highest BCUT2D eigenvalue weighted by Gasteiger charge is 2.32. The maximum absolute atomic E-state index is 13.2. The fraction of sp³-hybridized carbons (Fsp3) is 0.350. The number of pyridine rings is 1. The Balaban J connectivity index is 2.21. The lowest BCUT2D eigenvalue weighted by atomic mass is 10.0. The first-order valence-electron chi connectivity index (χ1n) is 8.61. The summed E-state index contributed by atoms with van der Waals surface area (Å²) in [5, 5.41) is 2.80. The summed E-state index contributed by atoms with van der Waals surface area (Å²) in [6.07, 6.45) is 3.31. The minimum atomic E-state index is -1.06.